The number of hydrogen-bond donors (Lipinski definition) is 1. The molecule has 1 unspecified atom stereocenters. The Morgan fingerprint density at radius 1 is 1.19 bits per heavy atom. The van der Waals surface area contributed by atoms with Crippen LogP contribution in [0.1, 0.15) is 55.1 Å². The van der Waals surface area contributed by atoms with Gasteiger partial charge in [-0.1, -0.05) is 29.8 Å². The van der Waals surface area contributed by atoms with E-state index in [0.717, 1.165) is 5.56 Å². The number of benzene rings is 1. The highest BCUT2D eigenvalue weighted by atomic mass is 35.5. The second kappa shape index (κ2) is 7.07. The van der Waals surface area contributed by atoms with Crippen molar-refractivity contribution in [2.45, 2.75) is 38.0 Å². The normalized spacial score (nSPS) is 18.5. The van der Waals surface area contributed by atoms with Gasteiger partial charge in [-0.15, -0.1) is 0 Å². The van der Waals surface area contributed by atoms with Gasteiger partial charge in [-0.25, -0.2) is 23.7 Å². The lowest BCUT2D eigenvalue weighted by molar-refractivity contribution is 0.0687. The Kier molecular flexibility index (Phi) is 4.57. The van der Waals surface area contributed by atoms with Crippen molar-refractivity contribution < 1.29 is 13.9 Å². The number of alkyl halides is 1. The van der Waals surface area contributed by atoms with Crippen molar-refractivity contribution in [3.63, 3.8) is 0 Å². The number of imidazole rings is 1. The van der Waals surface area contributed by atoms with Crippen LogP contribution in [0.15, 0.2) is 48.9 Å². The van der Waals surface area contributed by atoms with E-state index in [0.29, 0.717) is 27.6 Å². The van der Waals surface area contributed by atoms with E-state index in [1.165, 1.54) is 18.5 Å². The summed E-state index contributed by atoms with van der Waals surface area (Å²) in [5.74, 6) is -0.568. The third kappa shape index (κ3) is 3.28. The van der Waals surface area contributed by atoms with Crippen LogP contribution in [-0.2, 0) is 5.60 Å². The summed E-state index contributed by atoms with van der Waals surface area (Å²) in [6, 6.07) is 8.63. The van der Waals surface area contributed by atoms with E-state index in [1.54, 1.807) is 30.5 Å². The molecule has 0 saturated heterocycles. The van der Waals surface area contributed by atoms with E-state index in [2.05, 4.69) is 15.0 Å². The third-order valence-electron chi connectivity index (χ3n) is 5.64. The maximum Gasteiger partial charge on any atom is 0.159 e. The SMILES string of the molecule is CC(C)(O)c1ncc(-c2cn3c4c(nc3cc2F)[C@H](F)CC4c2ccccc2Cl)cn1. The highest BCUT2D eigenvalue weighted by Gasteiger charge is 2.38. The van der Waals surface area contributed by atoms with Crippen LogP contribution in [0, 0.1) is 5.82 Å². The molecular weight excluding hydrogens is 422 g/mol. The van der Waals surface area contributed by atoms with Gasteiger partial charge in [0.1, 0.15) is 23.2 Å². The van der Waals surface area contributed by atoms with E-state index in [-0.39, 0.29) is 23.7 Å². The molecule has 0 fully saturated rings. The van der Waals surface area contributed by atoms with Crippen LogP contribution < -0.4 is 0 Å². The number of aromatic nitrogens is 4. The van der Waals surface area contributed by atoms with Gasteiger partial charge in [0.15, 0.2) is 5.82 Å². The van der Waals surface area contributed by atoms with Crippen LogP contribution in [-0.4, -0.2) is 24.5 Å². The minimum Gasteiger partial charge on any atom is -0.382 e. The van der Waals surface area contributed by atoms with Crippen molar-refractivity contribution in [1.82, 2.24) is 19.4 Å². The molecule has 31 heavy (non-hydrogen) atoms. The molecule has 3 heterocycles. The van der Waals surface area contributed by atoms with Crippen LogP contribution in [0.2, 0.25) is 5.02 Å². The quantitative estimate of drug-likeness (QED) is 0.466. The van der Waals surface area contributed by atoms with E-state index in [1.807, 2.05) is 18.2 Å². The summed E-state index contributed by atoms with van der Waals surface area (Å²) in [7, 11) is 0. The van der Waals surface area contributed by atoms with Gasteiger partial charge in [-0.05, 0) is 31.9 Å². The smallest absolute Gasteiger partial charge is 0.159 e. The predicted molar refractivity (Wildman–Crippen MR) is 113 cm³/mol. The molecule has 0 amide bonds. The van der Waals surface area contributed by atoms with Crippen molar-refractivity contribution in [3.05, 3.63) is 82.5 Å². The summed E-state index contributed by atoms with van der Waals surface area (Å²) in [5, 5.41) is 10.6. The molecular formula is C23H19ClF2N4O. The zero-order valence-corrected chi connectivity index (χ0v) is 17.6. The molecule has 8 heteroatoms. The lowest BCUT2D eigenvalue weighted by Crippen LogP contribution is -2.19. The molecule has 0 aliphatic heterocycles. The second-order valence-electron chi connectivity index (χ2n) is 8.28. The molecule has 158 valence electrons. The van der Waals surface area contributed by atoms with Crippen LogP contribution in [0.25, 0.3) is 16.8 Å². The number of hydrogen-bond acceptors (Lipinski definition) is 4. The van der Waals surface area contributed by atoms with Crippen molar-refractivity contribution in [2.24, 2.45) is 0 Å². The molecule has 1 aromatic carbocycles. The Labute approximate surface area is 182 Å². The van der Waals surface area contributed by atoms with Gasteiger partial charge >= 0.3 is 0 Å². The first-order chi connectivity index (χ1) is 14.7. The average Bonchev–Trinajstić information content (AvgIpc) is 3.24. The Hall–Kier alpha value is -2.90. The Morgan fingerprint density at radius 2 is 1.90 bits per heavy atom. The molecule has 5 nitrogen and oxygen atoms in total. The summed E-state index contributed by atoms with van der Waals surface area (Å²) in [6.45, 7) is 3.15. The molecule has 0 saturated carbocycles. The molecule has 1 aliphatic rings. The Balaban J connectivity index is 1.67. The van der Waals surface area contributed by atoms with E-state index in [4.69, 9.17) is 11.6 Å². The summed E-state index contributed by atoms with van der Waals surface area (Å²) in [5.41, 5.74) is 1.63. The van der Waals surface area contributed by atoms with Crippen molar-refractivity contribution in [2.75, 3.05) is 0 Å². The van der Waals surface area contributed by atoms with E-state index >= 15 is 0 Å². The summed E-state index contributed by atoms with van der Waals surface area (Å²) < 4.78 is 31.5. The fourth-order valence-corrected chi connectivity index (χ4v) is 4.40. The van der Waals surface area contributed by atoms with E-state index in [9.17, 15) is 13.9 Å². The van der Waals surface area contributed by atoms with Crippen LogP contribution >= 0.6 is 11.6 Å². The summed E-state index contributed by atoms with van der Waals surface area (Å²) in [4.78, 5) is 12.7. The van der Waals surface area contributed by atoms with Crippen molar-refractivity contribution >= 4 is 17.2 Å². The molecule has 2 atom stereocenters. The molecule has 1 aliphatic carbocycles. The Bertz CT molecular complexity index is 1300. The number of nitrogens with zero attached hydrogens (tertiary/aromatic N) is 4. The standard InChI is InChI=1S/C23H19ClF2N4O/c1-23(2,31)22-27-9-12(10-28-22)15-11-30-19(8-17(15)25)29-20-18(26)7-14(21(20)30)13-5-3-4-6-16(13)24/h3-6,8-11,14,18,31H,7H2,1-2H3/t14?,18-/m1/s1. The van der Waals surface area contributed by atoms with Gasteiger partial charge in [0.05, 0.1) is 11.4 Å². The maximum atomic E-state index is 14.9. The first-order valence-electron chi connectivity index (χ1n) is 9.89. The number of halogens is 3. The zero-order chi connectivity index (χ0) is 21.9. The summed E-state index contributed by atoms with van der Waals surface area (Å²) in [6.07, 6.45) is 3.51. The zero-order valence-electron chi connectivity index (χ0n) is 16.9. The highest BCUT2D eigenvalue weighted by Crippen LogP contribution is 2.47. The number of pyridine rings is 1. The number of fused-ring (bicyclic) bond motifs is 3. The second-order valence-corrected chi connectivity index (χ2v) is 8.68. The van der Waals surface area contributed by atoms with Gasteiger partial charge in [0.2, 0.25) is 0 Å². The number of rotatable bonds is 3. The number of aliphatic hydroxyl groups is 1. The molecule has 4 aromatic rings. The molecule has 0 bridgehead atoms. The Morgan fingerprint density at radius 3 is 2.58 bits per heavy atom. The fourth-order valence-electron chi connectivity index (χ4n) is 4.14. The first kappa shape index (κ1) is 20.0. The summed E-state index contributed by atoms with van der Waals surface area (Å²) >= 11 is 6.39. The minimum atomic E-state index is -1.25. The minimum absolute atomic E-state index is 0.236. The first-order valence-corrected chi connectivity index (χ1v) is 10.3. The third-order valence-corrected chi connectivity index (χ3v) is 5.98. The van der Waals surface area contributed by atoms with Gasteiger partial charge in [0.25, 0.3) is 0 Å². The molecule has 3 aromatic heterocycles. The molecule has 5 rings (SSSR count). The lowest BCUT2D eigenvalue weighted by atomic mass is 9.96. The van der Waals surface area contributed by atoms with Crippen molar-refractivity contribution in [1.29, 1.82) is 0 Å². The van der Waals surface area contributed by atoms with Crippen LogP contribution in [0.4, 0.5) is 8.78 Å². The predicted octanol–water partition coefficient (Wildman–Crippen LogP) is 5.36. The average molecular weight is 441 g/mol. The maximum absolute atomic E-state index is 14.9. The van der Waals surface area contributed by atoms with Gasteiger partial charge in [0, 0.05) is 46.7 Å². The van der Waals surface area contributed by atoms with Crippen LogP contribution in [0.5, 0.6) is 0 Å². The van der Waals surface area contributed by atoms with Gasteiger partial charge in [-0.3, -0.25) is 0 Å². The molecule has 0 spiro atoms. The highest BCUT2D eigenvalue weighted by molar-refractivity contribution is 6.31. The van der Waals surface area contributed by atoms with Crippen LogP contribution in [0.3, 0.4) is 0 Å². The topological polar surface area (TPSA) is 63.3 Å². The molecule has 0 radical (unpaired) electrons. The fraction of sp³-hybridized carbons (Fsp3) is 0.261. The van der Waals surface area contributed by atoms with E-state index < -0.39 is 17.6 Å². The van der Waals surface area contributed by atoms with Gasteiger partial charge < -0.3 is 9.51 Å². The molecule has 1 N–H and O–H groups in total. The lowest BCUT2D eigenvalue weighted by Gasteiger charge is -2.16. The monoisotopic (exact) mass is 440 g/mol. The van der Waals surface area contributed by atoms with Crippen molar-refractivity contribution in [3.8, 4) is 11.1 Å². The van der Waals surface area contributed by atoms with Gasteiger partial charge in [-0.2, -0.15) is 0 Å². The largest absolute Gasteiger partial charge is 0.382 e.